The third-order valence-corrected chi connectivity index (χ3v) is 3.02. The lowest BCUT2D eigenvalue weighted by atomic mass is 10.1. The molecule has 0 spiro atoms. The molecule has 0 saturated carbocycles. The summed E-state index contributed by atoms with van der Waals surface area (Å²) in [5.41, 5.74) is 0.357. The van der Waals surface area contributed by atoms with Crippen LogP contribution < -0.4 is 19.5 Å². The average molecular weight is 306 g/mol. The molecule has 0 fully saturated rings. The molecule has 8 heteroatoms. The smallest absolute Gasteiger partial charge is 0.258 e. The minimum atomic E-state index is -0.352. The van der Waals surface area contributed by atoms with Crippen LogP contribution in [0.5, 0.6) is 17.2 Å². The normalized spacial score (nSPS) is 10.2. The Kier molecular flexibility index (Phi) is 4.50. The largest absolute Gasteiger partial charge is 0.493 e. The van der Waals surface area contributed by atoms with E-state index in [4.69, 9.17) is 14.2 Å². The maximum Gasteiger partial charge on any atom is 0.258 e. The first-order valence-electron chi connectivity index (χ1n) is 6.49. The van der Waals surface area contributed by atoms with Crippen LogP contribution in [0.3, 0.4) is 0 Å². The number of carbonyl (C=O) groups is 1. The van der Waals surface area contributed by atoms with E-state index in [0.717, 1.165) is 0 Å². The fourth-order valence-corrected chi connectivity index (χ4v) is 2.01. The van der Waals surface area contributed by atoms with Crippen molar-refractivity contribution in [1.29, 1.82) is 0 Å². The van der Waals surface area contributed by atoms with Gasteiger partial charge in [-0.1, -0.05) is 0 Å². The van der Waals surface area contributed by atoms with E-state index in [0.29, 0.717) is 34.6 Å². The molecule has 22 heavy (non-hydrogen) atoms. The van der Waals surface area contributed by atoms with Gasteiger partial charge < -0.3 is 14.2 Å². The molecule has 0 aliphatic carbocycles. The summed E-state index contributed by atoms with van der Waals surface area (Å²) in [5, 5.41) is 6.76. The fourth-order valence-electron chi connectivity index (χ4n) is 2.01. The molecule has 2 aromatic rings. The van der Waals surface area contributed by atoms with E-state index in [9.17, 15) is 4.79 Å². The lowest BCUT2D eigenvalue weighted by Gasteiger charge is -2.13. The number of anilines is 1. The summed E-state index contributed by atoms with van der Waals surface area (Å²) in [5.74, 6) is 1.81. The highest BCUT2D eigenvalue weighted by atomic mass is 16.5. The number of hydrogen-bond acceptors (Lipinski definition) is 6. The summed E-state index contributed by atoms with van der Waals surface area (Å²) in [6, 6.07) is 3.14. The van der Waals surface area contributed by atoms with E-state index in [-0.39, 0.29) is 5.91 Å². The SMILES string of the molecule is COc1cc(C(=O)Nc2nc(C)nn2C)cc(OC)c1OC. The van der Waals surface area contributed by atoms with Gasteiger partial charge in [-0.25, -0.2) is 4.68 Å². The number of nitrogens with zero attached hydrogens (tertiary/aromatic N) is 3. The van der Waals surface area contributed by atoms with Crippen molar-refractivity contribution in [1.82, 2.24) is 14.8 Å². The molecule has 0 aliphatic rings. The van der Waals surface area contributed by atoms with Gasteiger partial charge in [-0.15, -0.1) is 0 Å². The van der Waals surface area contributed by atoms with Gasteiger partial charge in [0, 0.05) is 12.6 Å². The number of benzene rings is 1. The van der Waals surface area contributed by atoms with Gasteiger partial charge in [-0.2, -0.15) is 10.1 Å². The first kappa shape index (κ1) is 15.6. The van der Waals surface area contributed by atoms with E-state index in [1.165, 1.54) is 26.0 Å². The van der Waals surface area contributed by atoms with Crippen LogP contribution in [-0.4, -0.2) is 42.0 Å². The van der Waals surface area contributed by atoms with Crippen molar-refractivity contribution in [3.8, 4) is 17.2 Å². The van der Waals surface area contributed by atoms with E-state index >= 15 is 0 Å². The number of amides is 1. The number of hydrogen-bond donors (Lipinski definition) is 1. The molecule has 2 rings (SSSR count). The van der Waals surface area contributed by atoms with Crippen molar-refractivity contribution in [2.24, 2.45) is 7.05 Å². The van der Waals surface area contributed by atoms with Gasteiger partial charge in [-0.3, -0.25) is 10.1 Å². The second-order valence-electron chi connectivity index (χ2n) is 4.47. The Morgan fingerprint density at radius 1 is 1.14 bits per heavy atom. The predicted octanol–water partition coefficient (Wildman–Crippen LogP) is 1.40. The average Bonchev–Trinajstić information content (AvgIpc) is 2.83. The van der Waals surface area contributed by atoms with Crippen molar-refractivity contribution in [3.63, 3.8) is 0 Å². The number of nitrogens with one attached hydrogen (secondary N) is 1. The van der Waals surface area contributed by atoms with Crippen molar-refractivity contribution >= 4 is 11.9 Å². The Morgan fingerprint density at radius 3 is 2.14 bits per heavy atom. The second kappa shape index (κ2) is 6.33. The molecule has 1 aromatic heterocycles. The second-order valence-corrected chi connectivity index (χ2v) is 4.47. The molecule has 1 amide bonds. The quantitative estimate of drug-likeness (QED) is 0.898. The van der Waals surface area contributed by atoms with Crippen LogP contribution in [-0.2, 0) is 7.05 Å². The summed E-state index contributed by atoms with van der Waals surface area (Å²) >= 11 is 0. The molecule has 8 nitrogen and oxygen atoms in total. The van der Waals surface area contributed by atoms with E-state index < -0.39 is 0 Å². The van der Waals surface area contributed by atoms with Gasteiger partial charge in [0.1, 0.15) is 5.82 Å². The molecule has 1 aromatic carbocycles. The summed E-state index contributed by atoms with van der Waals surface area (Å²) in [6.07, 6.45) is 0. The van der Waals surface area contributed by atoms with E-state index in [2.05, 4.69) is 15.4 Å². The number of aromatic nitrogens is 3. The molecular weight excluding hydrogens is 288 g/mol. The van der Waals surface area contributed by atoms with Crippen LogP contribution in [0.15, 0.2) is 12.1 Å². The van der Waals surface area contributed by atoms with Crippen molar-refractivity contribution in [2.75, 3.05) is 26.6 Å². The molecule has 0 aliphatic heterocycles. The Morgan fingerprint density at radius 2 is 1.73 bits per heavy atom. The van der Waals surface area contributed by atoms with Crippen LogP contribution >= 0.6 is 0 Å². The number of methoxy groups -OCH3 is 3. The van der Waals surface area contributed by atoms with Gasteiger partial charge in [-0.05, 0) is 19.1 Å². The van der Waals surface area contributed by atoms with Crippen LogP contribution in [0, 0.1) is 6.92 Å². The van der Waals surface area contributed by atoms with Crippen LogP contribution in [0.4, 0.5) is 5.95 Å². The Balaban J connectivity index is 2.35. The maximum absolute atomic E-state index is 12.4. The third-order valence-electron chi connectivity index (χ3n) is 3.02. The molecule has 0 saturated heterocycles. The predicted molar refractivity (Wildman–Crippen MR) is 79.8 cm³/mol. The van der Waals surface area contributed by atoms with Crippen LogP contribution in [0.1, 0.15) is 16.2 Å². The number of rotatable bonds is 5. The molecule has 0 bridgehead atoms. The number of ether oxygens (including phenoxy) is 3. The summed E-state index contributed by atoms with van der Waals surface area (Å²) in [4.78, 5) is 16.5. The number of aryl methyl sites for hydroxylation is 2. The minimum Gasteiger partial charge on any atom is -0.493 e. The highest BCUT2D eigenvalue weighted by Gasteiger charge is 2.18. The monoisotopic (exact) mass is 306 g/mol. The summed E-state index contributed by atoms with van der Waals surface area (Å²) in [6.45, 7) is 1.75. The van der Waals surface area contributed by atoms with E-state index in [1.807, 2.05) is 0 Å². The fraction of sp³-hybridized carbons (Fsp3) is 0.357. The molecule has 0 radical (unpaired) electrons. The minimum absolute atomic E-state index is 0.352. The lowest BCUT2D eigenvalue weighted by molar-refractivity contribution is 0.102. The van der Waals surface area contributed by atoms with Crippen LogP contribution in [0.25, 0.3) is 0 Å². The molecule has 1 N–H and O–H groups in total. The third kappa shape index (κ3) is 2.95. The van der Waals surface area contributed by atoms with Gasteiger partial charge >= 0.3 is 0 Å². The maximum atomic E-state index is 12.4. The summed E-state index contributed by atoms with van der Waals surface area (Å²) in [7, 11) is 6.18. The Hall–Kier alpha value is -2.77. The topological polar surface area (TPSA) is 87.5 Å². The van der Waals surface area contributed by atoms with Gasteiger partial charge in [0.2, 0.25) is 11.7 Å². The molecule has 0 atom stereocenters. The molecular formula is C14H18N4O4. The highest BCUT2D eigenvalue weighted by molar-refractivity contribution is 6.04. The van der Waals surface area contributed by atoms with Crippen molar-refractivity contribution < 1.29 is 19.0 Å². The Labute approximate surface area is 128 Å². The zero-order valence-electron chi connectivity index (χ0n) is 13.1. The van der Waals surface area contributed by atoms with Gasteiger partial charge in [0.15, 0.2) is 11.5 Å². The van der Waals surface area contributed by atoms with Gasteiger partial charge in [0.05, 0.1) is 21.3 Å². The van der Waals surface area contributed by atoms with Crippen molar-refractivity contribution in [3.05, 3.63) is 23.5 Å². The highest BCUT2D eigenvalue weighted by Crippen LogP contribution is 2.38. The summed E-state index contributed by atoms with van der Waals surface area (Å²) < 4.78 is 17.2. The first-order valence-corrected chi connectivity index (χ1v) is 6.49. The number of carbonyl (C=O) groups excluding carboxylic acids is 1. The molecule has 0 unspecified atom stereocenters. The standard InChI is InChI=1S/C14H18N4O4/c1-8-15-14(18(2)17-8)16-13(19)9-6-10(20-3)12(22-5)11(7-9)21-4/h6-7H,1-5H3,(H,15,16,17,19). The zero-order valence-corrected chi connectivity index (χ0v) is 13.1. The van der Waals surface area contributed by atoms with E-state index in [1.54, 1.807) is 26.1 Å². The van der Waals surface area contributed by atoms with Gasteiger partial charge in [0.25, 0.3) is 5.91 Å². The zero-order chi connectivity index (χ0) is 16.3. The first-order chi connectivity index (χ1) is 10.5. The van der Waals surface area contributed by atoms with Crippen molar-refractivity contribution in [2.45, 2.75) is 6.92 Å². The lowest BCUT2D eigenvalue weighted by Crippen LogP contribution is -2.15. The molecule has 1 heterocycles. The molecule has 118 valence electrons. The Bertz CT molecular complexity index is 671. The van der Waals surface area contributed by atoms with Crippen LogP contribution in [0.2, 0.25) is 0 Å².